The Morgan fingerprint density at radius 3 is 2.46 bits per heavy atom. The van der Waals surface area contributed by atoms with Gasteiger partial charge in [-0.1, -0.05) is 121 Å². The lowest BCUT2D eigenvalue weighted by molar-refractivity contribution is 0.120. The third kappa shape index (κ3) is 6.22. The lowest BCUT2D eigenvalue weighted by Crippen LogP contribution is -2.44. The molecule has 3 nitrogen and oxygen atoms in total. The molecule has 59 heavy (non-hydrogen) atoms. The second-order valence-electron chi connectivity index (χ2n) is 18.5. The molecule has 0 saturated heterocycles. The summed E-state index contributed by atoms with van der Waals surface area (Å²) in [7, 11) is 0. The van der Waals surface area contributed by atoms with Crippen LogP contribution in [0.4, 0.5) is 0 Å². The average Bonchev–Trinajstić information content (AvgIpc) is 3.88. The number of hydrogen-bond donors (Lipinski definition) is 0. The van der Waals surface area contributed by atoms with Gasteiger partial charge in [0.2, 0.25) is 0 Å². The molecule has 0 saturated carbocycles. The number of ether oxygens (including phenoxy) is 1. The van der Waals surface area contributed by atoms with Crippen LogP contribution < -0.4 is 21.1 Å². The van der Waals surface area contributed by atoms with Gasteiger partial charge in [0.05, 0.1) is 6.04 Å². The van der Waals surface area contributed by atoms with Gasteiger partial charge in [0, 0.05) is 44.8 Å². The molecule has 1 aromatic heterocycles. The standard InChI is InChI=1S/C56H55NO2/c1-2-11-38(12-3-1)45-18-10-19-49-51-34-40(26-32-55(51)59-56(45)49)37-23-29-43(30-24-37)57(52-35-41-13-4-5-14-44(41)46-15-6-7-16-47(46)52)42-27-21-36(22-28-42)39-25-31-54-50(33-39)48-17-8-9-20-53(48)58-54/h1-3,5-7,9,11-12,14-16,18,20-21,23,27,29-31,33-34,36-37,39,41-42,51,55H,4,8,10,13,17,19,22,24-26,28,32,35H2/t36?,37-,39?,41?,42?,51?,55?/m0/s1. The number of fused-ring (bicyclic) bond motifs is 7. The summed E-state index contributed by atoms with van der Waals surface area (Å²) in [5.41, 5.74) is 12.7. The summed E-state index contributed by atoms with van der Waals surface area (Å²) in [6.45, 7) is 0. The zero-order chi connectivity index (χ0) is 38.9. The topological polar surface area (TPSA) is 25.6 Å². The van der Waals surface area contributed by atoms with Gasteiger partial charge in [-0.2, -0.15) is 0 Å². The highest BCUT2D eigenvalue weighted by Crippen LogP contribution is 2.49. The van der Waals surface area contributed by atoms with Crippen LogP contribution in [0.1, 0.15) is 93.9 Å². The Bertz CT molecular complexity index is 2720. The van der Waals surface area contributed by atoms with Crippen LogP contribution in [0.2, 0.25) is 0 Å². The van der Waals surface area contributed by atoms with Crippen molar-refractivity contribution in [2.75, 3.05) is 0 Å². The van der Waals surface area contributed by atoms with E-state index in [4.69, 9.17) is 9.15 Å². The molecule has 0 spiro atoms. The lowest BCUT2D eigenvalue weighted by Gasteiger charge is -2.42. The van der Waals surface area contributed by atoms with E-state index in [1.165, 1.54) is 74.3 Å². The molecule has 3 heteroatoms. The van der Waals surface area contributed by atoms with E-state index < -0.39 is 0 Å². The predicted octanol–water partition coefficient (Wildman–Crippen LogP) is 10.1. The van der Waals surface area contributed by atoms with Gasteiger partial charge in [-0.15, -0.1) is 0 Å². The normalized spacial score (nSPS) is 30.0. The molecule has 6 unspecified atom stereocenters. The zero-order valence-corrected chi connectivity index (χ0v) is 34.2. The minimum Gasteiger partial charge on any atom is -0.489 e. The molecule has 3 aromatic rings. The summed E-state index contributed by atoms with van der Waals surface area (Å²) in [6, 6.07) is 20.5. The summed E-state index contributed by atoms with van der Waals surface area (Å²) in [5.74, 6) is 4.77. The molecule has 0 radical (unpaired) electrons. The third-order valence-electron chi connectivity index (χ3n) is 15.3. The fourth-order valence-electron chi connectivity index (χ4n) is 12.3. The molecule has 8 aliphatic carbocycles. The number of rotatable bonds is 6. The molecule has 1 aliphatic heterocycles. The van der Waals surface area contributed by atoms with Gasteiger partial charge in [-0.3, -0.25) is 0 Å². The van der Waals surface area contributed by atoms with Crippen LogP contribution in [-0.4, -0.2) is 17.0 Å². The van der Waals surface area contributed by atoms with E-state index in [1.807, 2.05) is 0 Å². The number of allylic oxidation sites excluding steroid dienone is 10. The smallest absolute Gasteiger partial charge is 0.131 e. The van der Waals surface area contributed by atoms with E-state index in [0.29, 0.717) is 35.6 Å². The van der Waals surface area contributed by atoms with E-state index in [9.17, 15) is 0 Å². The van der Waals surface area contributed by atoms with Crippen LogP contribution in [0, 0.1) is 29.6 Å². The maximum Gasteiger partial charge on any atom is 0.131 e. The summed E-state index contributed by atoms with van der Waals surface area (Å²) in [6.07, 6.45) is 47.0. The third-order valence-corrected chi connectivity index (χ3v) is 15.3. The molecule has 0 fully saturated rings. The van der Waals surface area contributed by atoms with Crippen LogP contribution in [0.25, 0.3) is 35.1 Å². The van der Waals surface area contributed by atoms with Crippen molar-refractivity contribution in [3.63, 3.8) is 0 Å². The Morgan fingerprint density at radius 1 is 0.678 bits per heavy atom. The Balaban J connectivity index is 0.856. The summed E-state index contributed by atoms with van der Waals surface area (Å²) in [4.78, 5) is 2.80. The minimum absolute atomic E-state index is 0.275. The molecule has 12 rings (SSSR count). The first-order chi connectivity index (χ1) is 29.2. The highest BCUT2D eigenvalue weighted by Gasteiger charge is 2.41. The summed E-state index contributed by atoms with van der Waals surface area (Å²) < 4.78 is 13.1. The predicted molar refractivity (Wildman–Crippen MR) is 241 cm³/mol. The first-order valence-electron chi connectivity index (χ1n) is 22.9. The fourth-order valence-corrected chi connectivity index (χ4v) is 12.3. The van der Waals surface area contributed by atoms with E-state index in [1.54, 1.807) is 11.1 Å². The number of furan rings is 1. The molecular weight excluding hydrogens is 719 g/mol. The molecule has 2 heterocycles. The maximum absolute atomic E-state index is 6.81. The SMILES string of the molecule is C1=Cc2oc3c(c2CC1)=CC(C1C=CC(N(C2=CC[C@@H](C4=CC5C6=C(OC5CC4)C(c4ccccc4)=CCC6)C=C2)C2=c4ccccc4=C4C=CCCC4C2)CC1)CC=3. The van der Waals surface area contributed by atoms with Crippen LogP contribution in [-0.2, 0) is 11.2 Å². The van der Waals surface area contributed by atoms with Gasteiger partial charge in [-0.05, 0) is 141 Å². The Hall–Kier alpha value is -5.28. The van der Waals surface area contributed by atoms with E-state index in [2.05, 4.69) is 138 Å². The lowest BCUT2D eigenvalue weighted by atomic mass is 9.76. The Kier molecular flexibility index (Phi) is 8.92. The van der Waals surface area contributed by atoms with Crippen LogP contribution >= 0.6 is 0 Å². The molecule has 2 aromatic carbocycles. The number of hydrogen-bond acceptors (Lipinski definition) is 3. The second kappa shape index (κ2) is 14.8. The van der Waals surface area contributed by atoms with Crippen molar-refractivity contribution in [2.24, 2.45) is 29.6 Å². The molecule has 9 aliphatic rings. The number of nitrogens with zero attached hydrogens (tertiary/aromatic N) is 1. The molecular formula is C56H55NO2. The first kappa shape index (κ1) is 35.6. The fraction of sp³-hybridized carbons (Fsp3) is 0.357. The van der Waals surface area contributed by atoms with Crippen molar-refractivity contribution < 1.29 is 9.15 Å². The van der Waals surface area contributed by atoms with Crippen LogP contribution in [0.3, 0.4) is 0 Å². The average molecular weight is 774 g/mol. The Morgan fingerprint density at radius 2 is 1.58 bits per heavy atom. The van der Waals surface area contributed by atoms with Crippen molar-refractivity contribution in [1.29, 1.82) is 0 Å². The second-order valence-corrected chi connectivity index (χ2v) is 18.5. The summed E-state index contributed by atoms with van der Waals surface area (Å²) >= 11 is 0. The summed E-state index contributed by atoms with van der Waals surface area (Å²) in [5, 5.41) is 4.25. The highest BCUT2D eigenvalue weighted by molar-refractivity contribution is 5.80. The van der Waals surface area contributed by atoms with Gasteiger partial charge >= 0.3 is 0 Å². The van der Waals surface area contributed by atoms with Gasteiger partial charge in [0.1, 0.15) is 23.0 Å². The van der Waals surface area contributed by atoms with Crippen molar-refractivity contribution in [3.8, 4) is 0 Å². The van der Waals surface area contributed by atoms with E-state index in [-0.39, 0.29) is 6.10 Å². The highest BCUT2D eigenvalue weighted by atomic mass is 16.5. The number of benzene rings is 2. The van der Waals surface area contributed by atoms with Crippen molar-refractivity contribution in [1.82, 2.24) is 4.90 Å². The van der Waals surface area contributed by atoms with Gasteiger partial charge < -0.3 is 14.1 Å². The zero-order valence-electron chi connectivity index (χ0n) is 34.2. The monoisotopic (exact) mass is 773 g/mol. The molecule has 296 valence electrons. The van der Waals surface area contributed by atoms with Crippen molar-refractivity contribution in [2.45, 2.75) is 95.6 Å². The van der Waals surface area contributed by atoms with Crippen LogP contribution in [0.15, 0.2) is 142 Å². The van der Waals surface area contributed by atoms with Gasteiger partial charge in [0.15, 0.2) is 0 Å². The molecule has 0 amide bonds. The van der Waals surface area contributed by atoms with E-state index >= 15 is 0 Å². The van der Waals surface area contributed by atoms with Gasteiger partial charge in [0.25, 0.3) is 0 Å². The van der Waals surface area contributed by atoms with Crippen LogP contribution in [0.5, 0.6) is 0 Å². The minimum atomic E-state index is 0.275. The Labute approximate surface area is 348 Å². The molecule has 7 atom stereocenters. The van der Waals surface area contributed by atoms with Crippen molar-refractivity contribution >= 4 is 35.1 Å². The molecule has 0 N–H and O–H groups in total. The van der Waals surface area contributed by atoms with Gasteiger partial charge in [-0.25, -0.2) is 0 Å². The first-order valence-corrected chi connectivity index (χ1v) is 22.9. The maximum atomic E-state index is 6.81. The quantitative estimate of drug-likeness (QED) is 0.233. The van der Waals surface area contributed by atoms with Crippen molar-refractivity contribution in [3.05, 3.63) is 176 Å². The van der Waals surface area contributed by atoms with E-state index in [0.717, 1.165) is 75.4 Å². The largest absolute Gasteiger partial charge is 0.489 e. The molecule has 0 bridgehead atoms.